The Hall–Kier alpha value is -2.34. The number of nitrogens with zero attached hydrogens (tertiary/aromatic N) is 2. The minimum absolute atomic E-state index is 0.256. The SMILES string of the molecule is FC1=CC=CN(Nc2cccs2)C1Nc1ccncc1. The molecule has 0 spiro atoms. The van der Waals surface area contributed by atoms with Crippen molar-refractivity contribution in [1.82, 2.24) is 9.99 Å². The molecule has 2 N–H and O–H groups in total. The smallest absolute Gasteiger partial charge is 0.170 e. The van der Waals surface area contributed by atoms with Gasteiger partial charge in [0.15, 0.2) is 6.17 Å². The summed E-state index contributed by atoms with van der Waals surface area (Å²) in [6, 6.07) is 7.49. The van der Waals surface area contributed by atoms with Gasteiger partial charge in [-0.15, -0.1) is 11.3 Å². The first-order valence-electron chi connectivity index (χ1n) is 6.12. The number of hydrazine groups is 1. The Morgan fingerprint density at radius 1 is 1.25 bits per heavy atom. The van der Waals surface area contributed by atoms with Crippen molar-refractivity contribution in [2.45, 2.75) is 6.17 Å². The largest absolute Gasteiger partial charge is 0.358 e. The van der Waals surface area contributed by atoms with Crippen LogP contribution in [0.4, 0.5) is 15.1 Å². The molecule has 4 nitrogen and oxygen atoms in total. The number of pyridine rings is 1. The molecule has 2 aromatic heterocycles. The van der Waals surface area contributed by atoms with E-state index in [2.05, 4.69) is 15.7 Å². The van der Waals surface area contributed by atoms with E-state index < -0.39 is 6.17 Å². The molecule has 102 valence electrons. The highest BCUT2D eigenvalue weighted by Crippen LogP contribution is 2.23. The van der Waals surface area contributed by atoms with Crippen molar-refractivity contribution < 1.29 is 4.39 Å². The molecule has 1 unspecified atom stereocenters. The van der Waals surface area contributed by atoms with Crippen LogP contribution in [0.15, 0.2) is 66.2 Å². The second kappa shape index (κ2) is 5.75. The maximum absolute atomic E-state index is 14.1. The number of hydrogen-bond donors (Lipinski definition) is 2. The summed E-state index contributed by atoms with van der Waals surface area (Å²) in [7, 11) is 0. The Morgan fingerprint density at radius 2 is 2.10 bits per heavy atom. The first kappa shape index (κ1) is 12.7. The van der Waals surface area contributed by atoms with Crippen molar-refractivity contribution in [1.29, 1.82) is 0 Å². The predicted octanol–water partition coefficient (Wildman–Crippen LogP) is 3.59. The number of allylic oxidation sites excluding steroid dienone is 2. The first-order valence-corrected chi connectivity index (χ1v) is 7.00. The summed E-state index contributed by atoms with van der Waals surface area (Å²) in [5, 5.41) is 7.74. The van der Waals surface area contributed by atoms with Crippen LogP contribution in [0.2, 0.25) is 0 Å². The van der Waals surface area contributed by atoms with Crippen LogP contribution in [-0.4, -0.2) is 16.2 Å². The maximum Gasteiger partial charge on any atom is 0.170 e. The number of rotatable bonds is 4. The lowest BCUT2D eigenvalue weighted by Crippen LogP contribution is -2.42. The normalized spacial score (nSPS) is 17.8. The lowest BCUT2D eigenvalue weighted by molar-refractivity contribution is 0.341. The molecule has 20 heavy (non-hydrogen) atoms. The van der Waals surface area contributed by atoms with Crippen LogP contribution >= 0.6 is 11.3 Å². The van der Waals surface area contributed by atoms with Crippen molar-refractivity contribution in [2.75, 3.05) is 10.7 Å². The van der Waals surface area contributed by atoms with Gasteiger partial charge in [-0.1, -0.05) is 0 Å². The van der Waals surface area contributed by atoms with Gasteiger partial charge in [-0.05, 0) is 41.8 Å². The van der Waals surface area contributed by atoms with Gasteiger partial charge in [0, 0.05) is 24.3 Å². The van der Waals surface area contributed by atoms with Crippen LogP contribution in [-0.2, 0) is 0 Å². The average Bonchev–Trinajstić information content (AvgIpc) is 2.97. The van der Waals surface area contributed by atoms with E-state index >= 15 is 0 Å². The summed E-state index contributed by atoms with van der Waals surface area (Å²) in [5.74, 6) is -0.256. The summed E-state index contributed by atoms with van der Waals surface area (Å²) in [4.78, 5) is 3.95. The van der Waals surface area contributed by atoms with Crippen LogP contribution < -0.4 is 10.7 Å². The van der Waals surface area contributed by atoms with E-state index in [1.807, 2.05) is 17.5 Å². The lowest BCUT2D eigenvalue weighted by atomic mass is 10.3. The van der Waals surface area contributed by atoms with E-state index in [4.69, 9.17) is 0 Å². The molecule has 1 atom stereocenters. The average molecular weight is 288 g/mol. The fourth-order valence-electron chi connectivity index (χ4n) is 1.85. The van der Waals surface area contributed by atoms with Crippen molar-refractivity contribution in [3.05, 3.63) is 66.2 Å². The Kier molecular flexibility index (Phi) is 3.64. The van der Waals surface area contributed by atoms with Gasteiger partial charge in [0.05, 0.1) is 0 Å². The molecular formula is C14H13FN4S. The fourth-order valence-corrected chi connectivity index (χ4v) is 2.47. The highest BCUT2D eigenvalue weighted by Gasteiger charge is 2.23. The fraction of sp³-hybridized carbons (Fsp3) is 0.0714. The van der Waals surface area contributed by atoms with Crippen LogP contribution in [0.1, 0.15) is 0 Å². The van der Waals surface area contributed by atoms with Gasteiger partial charge < -0.3 is 5.32 Å². The molecule has 3 heterocycles. The van der Waals surface area contributed by atoms with Gasteiger partial charge in [0.1, 0.15) is 10.8 Å². The lowest BCUT2D eigenvalue weighted by Gasteiger charge is -2.32. The summed E-state index contributed by atoms with van der Waals surface area (Å²) in [5.41, 5.74) is 3.97. The van der Waals surface area contributed by atoms with Crippen LogP contribution in [0, 0.1) is 0 Å². The zero-order valence-corrected chi connectivity index (χ0v) is 11.3. The van der Waals surface area contributed by atoms with E-state index in [1.165, 1.54) is 6.08 Å². The molecule has 0 saturated heterocycles. The van der Waals surface area contributed by atoms with Crippen LogP contribution in [0.25, 0.3) is 0 Å². The molecule has 0 saturated carbocycles. The Bertz CT molecular complexity index is 609. The second-order valence-corrected chi connectivity index (χ2v) is 5.12. The molecule has 0 bridgehead atoms. The second-order valence-electron chi connectivity index (χ2n) is 4.17. The molecule has 3 rings (SSSR count). The zero-order valence-electron chi connectivity index (χ0n) is 10.5. The topological polar surface area (TPSA) is 40.2 Å². The van der Waals surface area contributed by atoms with Crippen LogP contribution in [0.5, 0.6) is 0 Å². The predicted molar refractivity (Wildman–Crippen MR) is 79.8 cm³/mol. The highest BCUT2D eigenvalue weighted by molar-refractivity contribution is 7.14. The molecule has 6 heteroatoms. The highest BCUT2D eigenvalue weighted by atomic mass is 32.1. The van der Waals surface area contributed by atoms with Gasteiger partial charge in [-0.3, -0.25) is 15.4 Å². The zero-order chi connectivity index (χ0) is 13.8. The summed E-state index contributed by atoms with van der Waals surface area (Å²) in [6.07, 6.45) is 7.65. The molecule has 0 radical (unpaired) electrons. The summed E-state index contributed by atoms with van der Waals surface area (Å²) >= 11 is 1.56. The summed E-state index contributed by atoms with van der Waals surface area (Å²) in [6.45, 7) is 0. The number of aromatic nitrogens is 1. The molecule has 0 fully saturated rings. The molecular weight excluding hydrogens is 275 g/mol. The van der Waals surface area contributed by atoms with E-state index in [0.29, 0.717) is 0 Å². The third-order valence-electron chi connectivity index (χ3n) is 2.79. The van der Waals surface area contributed by atoms with Gasteiger partial charge >= 0.3 is 0 Å². The van der Waals surface area contributed by atoms with Gasteiger partial charge in [0.25, 0.3) is 0 Å². The molecule has 1 aliphatic rings. The van der Waals surface area contributed by atoms with Crippen LogP contribution in [0.3, 0.4) is 0 Å². The standard InChI is InChI=1S/C14H13FN4S/c15-12-3-1-9-19(18-13-4-2-10-20-13)14(12)17-11-5-7-16-8-6-11/h1-10,14,18H,(H,16,17). The number of nitrogens with one attached hydrogen (secondary N) is 2. The molecule has 0 aromatic carbocycles. The number of thiophene rings is 1. The van der Waals surface area contributed by atoms with E-state index in [9.17, 15) is 4.39 Å². The molecule has 0 aliphatic carbocycles. The van der Waals surface area contributed by atoms with Crippen molar-refractivity contribution in [2.24, 2.45) is 0 Å². The minimum Gasteiger partial charge on any atom is -0.358 e. The Balaban J connectivity index is 1.77. The minimum atomic E-state index is -0.593. The van der Waals surface area contributed by atoms with E-state index in [1.54, 1.807) is 53.1 Å². The number of anilines is 2. The molecule has 0 amide bonds. The first-order chi connectivity index (χ1) is 9.83. The maximum atomic E-state index is 14.1. The number of halogens is 1. The Morgan fingerprint density at radius 3 is 2.85 bits per heavy atom. The van der Waals surface area contributed by atoms with Gasteiger partial charge in [-0.2, -0.15) is 0 Å². The van der Waals surface area contributed by atoms with Crippen molar-refractivity contribution >= 4 is 22.0 Å². The third kappa shape index (κ3) is 2.80. The molecule has 2 aromatic rings. The van der Waals surface area contributed by atoms with E-state index in [-0.39, 0.29) is 5.83 Å². The third-order valence-corrected chi connectivity index (χ3v) is 3.56. The summed E-state index contributed by atoms with van der Waals surface area (Å²) < 4.78 is 14.1. The van der Waals surface area contributed by atoms with Crippen molar-refractivity contribution in [3.63, 3.8) is 0 Å². The molecule has 1 aliphatic heterocycles. The van der Waals surface area contributed by atoms with Gasteiger partial charge in [-0.25, -0.2) is 4.39 Å². The van der Waals surface area contributed by atoms with Crippen molar-refractivity contribution in [3.8, 4) is 0 Å². The monoisotopic (exact) mass is 288 g/mol. The quantitative estimate of drug-likeness (QED) is 0.902. The van der Waals surface area contributed by atoms with Gasteiger partial charge in [0.2, 0.25) is 0 Å². The number of hydrogen-bond acceptors (Lipinski definition) is 5. The Labute approximate surface area is 120 Å². The van der Waals surface area contributed by atoms with E-state index in [0.717, 1.165) is 10.7 Å².